The molecule has 0 spiro atoms. The summed E-state index contributed by atoms with van der Waals surface area (Å²) in [6, 6.07) is 14.2. The van der Waals surface area contributed by atoms with E-state index in [2.05, 4.69) is 20.4 Å². The minimum Gasteiger partial charge on any atom is -0.370 e. The number of piperazine rings is 1. The summed E-state index contributed by atoms with van der Waals surface area (Å²) >= 11 is 11.8. The van der Waals surface area contributed by atoms with Crippen LogP contribution in [0.3, 0.4) is 0 Å². The van der Waals surface area contributed by atoms with E-state index in [1.54, 1.807) is 0 Å². The molecule has 2 aromatic carbocycles. The van der Waals surface area contributed by atoms with Gasteiger partial charge in [0.1, 0.15) is 0 Å². The summed E-state index contributed by atoms with van der Waals surface area (Å²) in [6.45, 7) is 6.73. The molecule has 1 saturated heterocycles. The van der Waals surface area contributed by atoms with E-state index in [9.17, 15) is 9.59 Å². The SMILES string of the molecule is N=C(N)N(CCCN1CCN(CCCN(C(=N)N)C(=O)NCCc2ccc(Cl)cc2)CC1)C(=O)NCCc1ccc(Cl)cc1. The topological polar surface area (TPSA) is 171 Å². The Balaban J connectivity index is 1.29. The Morgan fingerprint density at radius 2 is 1.02 bits per heavy atom. The summed E-state index contributed by atoms with van der Waals surface area (Å²) in [5, 5.41) is 22.7. The molecule has 14 heteroatoms. The zero-order valence-electron chi connectivity index (χ0n) is 25.0. The quantitative estimate of drug-likeness (QED) is 0.136. The molecule has 0 aliphatic carbocycles. The summed E-state index contributed by atoms with van der Waals surface area (Å²) < 4.78 is 0. The van der Waals surface area contributed by atoms with Gasteiger partial charge < -0.3 is 31.9 Å². The number of nitrogens with one attached hydrogen (secondary N) is 4. The Labute approximate surface area is 269 Å². The van der Waals surface area contributed by atoms with Crippen molar-refractivity contribution in [3.8, 4) is 0 Å². The number of carbonyl (C=O) groups is 2. The van der Waals surface area contributed by atoms with Crippen LogP contribution in [0, 0.1) is 10.8 Å². The molecular formula is C30H44Cl2N10O2. The molecule has 4 amide bonds. The molecule has 2 aromatic rings. The normalized spacial score (nSPS) is 13.7. The van der Waals surface area contributed by atoms with Crippen LogP contribution in [-0.4, -0.2) is 109 Å². The maximum absolute atomic E-state index is 12.6. The second-order valence-electron chi connectivity index (χ2n) is 10.7. The van der Waals surface area contributed by atoms with E-state index in [4.69, 9.17) is 45.5 Å². The highest BCUT2D eigenvalue weighted by Gasteiger charge is 2.20. The molecule has 0 radical (unpaired) electrons. The maximum Gasteiger partial charge on any atom is 0.324 e. The molecule has 0 bridgehead atoms. The van der Waals surface area contributed by atoms with E-state index in [-0.39, 0.29) is 24.0 Å². The first-order chi connectivity index (χ1) is 21.1. The average molecular weight is 648 g/mol. The summed E-state index contributed by atoms with van der Waals surface area (Å²) in [5.74, 6) is -0.540. The van der Waals surface area contributed by atoms with Crippen molar-refractivity contribution >= 4 is 47.2 Å². The van der Waals surface area contributed by atoms with Crippen LogP contribution in [0.15, 0.2) is 48.5 Å². The van der Waals surface area contributed by atoms with Crippen molar-refractivity contribution in [3.63, 3.8) is 0 Å². The molecule has 1 aliphatic rings. The van der Waals surface area contributed by atoms with Crippen LogP contribution >= 0.6 is 23.2 Å². The van der Waals surface area contributed by atoms with Gasteiger partial charge >= 0.3 is 12.1 Å². The number of halogens is 2. The van der Waals surface area contributed by atoms with Gasteiger partial charge in [0.15, 0.2) is 11.9 Å². The van der Waals surface area contributed by atoms with Crippen LogP contribution in [0.2, 0.25) is 10.0 Å². The number of nitrogens with two attached hydrogens (primary N) is 2. The number of urea groups is 2. The van der Waals surface area contributed by atoms with Crippen LogP contribution in [0.4, 0.5) is 9.59 Å². The Kier molecular flexibility index (Phi) is 14.5. The fraction of sp³-hybridized carbons (Fsp3) is 0.467. The first-order valence-electron chi connectivity index (χ1n) is 14.8. The second kappa shape index (κ2) is 18.3. The molecule has 1 aliphatic heterocycles. The number of hydrogen-bond acceptors (Lipinski definition) is 6. The van der Waals surface area contributed by atoms with Gasteiger partial charge in [-0.3, -0.25) is 20.6 Å². The smallest absolute Gasteiger partial charge is 0.324 e. The van der Waals surface area contributed by atoms with E-state index in [0.29, 0.717) is 61.9 Å². The van der Waals surface area contributed by atoms with E-state index < -0.39 is 0 Å². The molecule has 0 atom stereocenters. The van der Waals surface area contributed by atoms with Gasteiger partial charge in [-0.1, -0.05) is 47.5 Å². The zero-order valence-corrected chi connectivity index (χ0v) is 26.5. The molecular weight excluding hydrogens is 603 g/mol. The van der Waals surface area contributed by atoms with Crippen molar-refractivity contribution in [1.29, 1.82) is 10.8 Å². The molecule has 0 unspecified atom stereocenters. The second-order valence-corrected chi connectivity index (χ2v) is 11.6. The van der Waals surface area contributed by atoms with Crippen LogP contribution in [0.5, 0.6) is 0 Å². The fourth-order valence-corrected chi connectivity index (χ4v) is 5.18. The molecule has 1 heterocycles. The highest BCUT2D eigenvalue weighted by Crippen LogP contribution is 2.11. The van der Waals surface area contributed by atoms with Gasteiger partial charge in [0.25, 0.3) is 0 Å². The average Bonchev–Trinajstić information content (AvgIpc) is 2.99. The molecule has 0 aromatic heterocycles. The van der Waals surface area contributed by atoms with E-state index in [0.717, 1.165) is 50.4 Å². The van der Waals surface area contributed by atoms with Crippen LogP contribution in [0.25, 0.3) is 0 Å². The fourth-order valence-electron chi connectivity index (χ4n) is 4.92. The molecule has 240 valence electrons. The van der Waals surface area contributed by atoms with Crippen molar-refractivity contribution in [3.05, 3.63) is 69.7 Å². The lowest BCUT2D eigenvalue weighted by atomic mass is 10.1. The first kappa shape index (κ1) is 34.9. The lowest BCUT2D eigenvalue weighted by Crippen LogP contribution is -2.50. The maximum atomic E-state index is 12.6. The van der Waals surface area contributed by atoms with Crippen molar-refractivity contribution in [2.24, 2.45) is 11.5 Å². The van der Waals surface area contributed by atoms with Crippen LogP contribution in [-0.2, 0) is 12.8 Å². The van der Waals surface area contributed by atoms with E-state index >= 15 is 0 Å². The van der Waals surface area contributed by atoms with Gasteiger partial charge in [0.05, 0.1) is 0 Å². The summed E-state index contributed by atoms with van der Waals surface area (Å²) in [4.78, 5) is 32.4. The van der Waals surface area contributed by atoms with Gasteiger partial charge in [-0.25, -0.2) is 9.59 Å². The summed E-state index contributed by atoms with van der Waals surface area (Å²) in [7, 11) is 0. The van der Waals surface area contributed by atoms with Gasteiger partial charge in [0, 0.05) is 62.4 Å². The minimum absolute atomic E-state index is 0.270. The molecule has 44 heavy (non-hydrogen) atoms. The Hall–Kier alpha value is -3.58. The Morgan fingerprint density at radius 3 is 1.34 bits per heavy atom. The Morgan fingerprint density at radius 1 is 0.682 bits per heavy atom. The number of amides is 4. The van der Waals surface area contributed by atoms with Crippen molar-refractivity contribution in [2.45, 2.75) is 25.7 Å². The predicted molar refractivity (Wildman–Crippen MR) is 176 cm³/mol. The summed E-state index contributed by atoms with van der Waals surface area (Å²) in [5.41, 5.74) is 13.5. The highest BCUT2D eigenvalue weighted by atomic mass is 35.5. The minimum atomic E-state index is -0.369. The van der Waals surface area contributed by atoms with E-state index in [1.165, 1.54) is 9.80 Å². The van der Waals surface area contributed by atoms with Gasteiger partial charge in [0.2, 0.25) is 0 Å². The standard InChI is InChI=1S/C30H44Cl2N10O2/c31-25-7-3-23(4-8-25)11-13-37-29(43)41(27(33)34)17-1-15-39-19-21-40(22-20-39)16-2-18-42(28(35)36)30(44)38-14-12-24-5-9-26(32)10-6-24/h3-10H,1-2,11-22H2,(H3,33,34)(H3,35,36)(H,37,43)(H,38,44). The molecule has 8 N–H and O–H groups in total. The summed E-state index contributed by atoms with van der Waals surface area (Å²) in [6.07, 6.45) is 2.71. The molecule has 1 fully saturated rings. The number of guanidine groups is 2. The first-order valence-corrected chi connectivity index (χ1v) is 15.6. The van der Waals surface area contributed by atoms with E-state index in [1.807, 2.05) is 48.5 Å². The third-order valence-electron chi connectivity index (χ3n) is 7.46. The largest absolute Gasteiger partial charge is 0.370 e. The van der Waals surface area contributed by atoms with Crippen LogP contribution in [0.1, 0.15) is 24.0 Å². The monoisotopic (exact) mass is 646 g/mol. The molecule has 0 saturated carbocycles. The van der Waals surface area contributed by atoms with Crippen LogP contribution < -0.4 is 22.1 Å². The lowest BCUT2D eigenvalue weighted by Gasteiger charge is -2.35. The van der Waals surface area contributed by atoms with Gasteiger partial charge in [-0.05, 0) is 74.2 Å². The third kappa shape index (κ3) is 12.2. The van der Waals surface area contributed by atoms with Crippen molar-refractivity contribution in [2.75, 3.05) is 65.4 Å². The molecule has 12 nitrogen and oxygen atoms in total. The highest BCUT2D eigenvalue weighted by molar-refractivity contribution is 6.30. The number of carbonyl (C=O) groups excluding carboxylic acids is 2. The predicted octanol–water partition coefficient (Wildman–Crippen LogP) is 2.99. The van der Waals surface area contributed by atoms with Gasteiger partial charge in [-0.15, -0.1) is 0 Å². The van der Waals surface area contributed by atoms with Crippen molar-refractivity contribution in [1.82, 2.24) is 30.2 Å². The molecule has 3 rings (SSSR count). The lowest BCUT2D eigenvalue weighted by molar-refractivity contribution is 0.127. The number of rotatable bonds is 14. The third-order valence-corrected chi connectivity index (χ3v) is 7.96. The Bertz CT molecular complexity index is 1130. The van der Waals surface area contributed by atoms with Gasteiger partial charge in [-0.2, -0.15) is 0 Å². The number of benzene rings is 2. The zero-order chi connectivity index (χ0) is 31.9. The number of hydrogen-bond donors (Lipinski definition) is 6. The van der Waals surface area contributed by atoms with Crippen molar-refractivity contribution < 1.29 is 9.59 Å². The number of nitrogens with zero attached hydrogens (tertiary/aromatic N) is 4.